The molecule has 0 spiro atoms. The van der Waals surface area contributed by atoms with Gasteiger partial charge >= 0.3 is 0 Å². The van der Waals surface area contributed by atoms with Crippen LogP contribution in [0.15, 0.2) is 120 Å². The summed E-state index contributed by atoms with van der Waals surface area (Å²) in [5.41, 5.74) is 2.65. The minimum Gasteiger partial charge on any atom is -0.508 e. The summed E-state index contributed by atoms with van der Waals surface area (Å²) in [4.78, 5) is 2.42. The van der Waals surface area contributed by atoms with Gasteiger partial charge in [0.15, 0.2) is 9.84 Å². The number of anilines is 1. The molecule has 0 aliphatic carbocycles. The number of phenols is 1. The Kier molecular flexibility index (Phi) is 9.93. The first-order chi connectivity index (χ1) is 18.3. The summed E-state index contributed by atoms with van der Waals surface area (Å²) < 4.78 is 30.4. The van der Waals surface area contributed by atoms with E-state index >= 15 is 0 Å². The maximum Gasteiger partial charge on any atom is 0.175 e. The number of rotatable bonds is 7. The molecule has 0 aromatic heterocycles. The molecule has 4 aromatic rings. The van der Waals surface area contributed by atoms with Crippen molar-refractivity contribution in [2.24, 2.45) is 0 Å². The minimum atomic E-state index is -3.30. The van der Waals surface area contributed by atoms with Crippen LogP contribution in [0.5, 0.6) is 17.2 Å². The molecule has 0 fully saturated rings. The van der Waals surface area contributed by atoms with Crippen LogP contribution < -0.4 is 15.0 Å². The van der Waals surface area contributed by atoms with Crippen LogP contribution in [-0.4, -0.2) is 26.3 Å². The Labute approximate surface area is 247 Å². The van der Waals surface area contributed by atoms with Gasteiger partial charge in [0, 0.05) is 35.6 Å². The number of fused-ring (bicyclic) bond motifs is 1. The van der Waals surface area contributed by atoms with Gasteiger partial charge in [-0.05, 0) is 90.7 Å². The lowest BCUT2D eigenvalue weighted by atomic mass is 9.99. The largest absolute Gasteiger partial charge is 0.508 e. The van der Waals surface area contributed by atoms with E-state index in [0.717, 1.165) is 40.0 Å². The third-order valence-corrected chi connectivity index (χ3v) is 7.45. The van der Waals surface area contributed by atoms with Gasteiger partial charge in [-0.25, -0.2) is 8.42 Å². The Morgan fingerprint density at radius 2 is 1.60 bits per heavy atom. The van der Waals surface area contributed by atoms with Crippen molar-refractivity contribution in [2.45, 2.75) is 11.8 Å². The maximum absolute atomic E-state index is 11.9. The fourth-order valence-electron chi connectivity index (χ4n) is 4.43. The van der Waals surface area contributed by atoms with Gasteiger partial charge in [-0.2, -0.15) is 0 Å². The SMILES string of the molecule is CCN(C1=CC=CC=CN1)c1ccc(Oc2c(-c3ccc(S(C)(=O)=O)cc3)ccc3cc(O)ccc23)cc1.Cl.Cl. The van der Waals surface area contributed by atoms with Crippen LogP contribution in [0.4, 0.5) is 5.69 Å². The number of aromatic hydroxyl groups is 1. The number of hydrogen-bond donors (Lipinski definition) is 2. The Bertz CT molecular complexity index is 1680. The topological polar surface area (TPSA) is 78.9 Å². The minimum absolute atomic E-state index is 0. The van der Waals surface area contributed by atoms with Gasteiger partial charge in [0.1, 0.15) is 23.1 Å². The van der Waals surface area contributed by atoms with E-state index < -0.39 is 9.84 Å². The highest BCUT2D eigenvalue weighted by molar-refractivity contribution is 7.90. The van der Waals surface area contributed by atoms with E-state index in [0.29, 0.717) is 11.5 Å². The van der Waals surface area contributed by atoms with Crippen molar-refractivity contribution in [3.05, 3.63) is 115 Å². The first kappa shape index (κ1) is 30.6. The molecule has 0 saturated heterocycles. The molecule has 0 saturated carbocycles. The molecule has 6 nitrogen and oxygen atoms in total. The van der Waals surface area contributed by atoms with Crippen molar-refractivity contribution in [3.8, 4) is 28.4 Å². The zero-order valence-corrected chi connectivity index (χ0v) is 24.4. The summed E-state index contributed by atoms with van der Waals surface area (Å²) in [7, 11) is -3.30. The van der Waals surface area contributed by atoms with E-state index in [9.17, 15) is 13.5 Å². The fraction of sp³-hybridized carbons (Fsp3) is 0.0968. The Balaban J connectivity index is 0.00000220. The molecule has 9 heteroatoms. The van der Waals surface area contributed by atoms with Crippen LogP contribution >= 0.6 is 24.8 Å². The van der Waals surface area contributed by atoms with E-state index in [1.54, 1.807) is 36.4 Å². The molecule has 1 aliphatic heterocycles. The Morgan fingerprint density at radius 1 is 0.875 bits per heavy atom. The maximum atomic E-state index is 11.9. The van der Waals surface area contributed by atoms with Crippen molar-refractivity contribution in [1.82, 2.24) is 5.32 Å². The number of nitrogens with zero attached hydrogens (tertiary/aromatic N) is 1. The van der Waals surface area contributed by atoms with Crippen LogP contribution in [-0.2, 0) is 9.84 Å². The van der Waals surface area contributed by atoms with Crippen LogP contribution in [0, 0.1) is 0 Å². The third kappa shape index (κ3) is 6.62. The molecule has 40 heavy (non-hydrogen) atoms. The average Bonchev–Trinajstić information content (AvgIpc) is 3.19. The standard InChI is InChI=1S/C31H28N2O4S.2ClH/c1-3-33(30-7-5-4-6-20-32-30)24-11-14-26(15-12-24)37-31-28(18-10-23-21-25(34)13-19-29(23)31)22-8-16-27(17-9-22)38(2,35)36;;/h4-21,32,34H,3H2,1-2H3;2*1H. The van der Waals surface area contributed by atoms with Gasteiger partial charge in [0.25, 0.3) is 0 Å². The Hall–Kier alpha value is -3.91. The number of halogens is 2. The lowest BCUT2D eigenvalue weighted by molar-refractivity contribution is 0.475. The average molecular weight is 598 g/mol. The quantitative estimate of drug-likeness (QED) is 0.229. The second-order valence-electron chi connectivity index (χ2n) is 8.92. The van der Waals surface area contributed by atoms with Gasteiger partial charge in [-0.3, -0.25) is 0 Å². The summed E-state index contributed by atoms with van der Waals surface area (Å²) in [5.74, 6) is 2.42. The molecule has 4 aromatic carbocycles. The van der Waals surface area contributed by atoms with E-state index in [1.165, 1.54) is 6.26 Å². The van der Waals surface area contributed by atoms with E-state index in [1.807, 2.05) is 73.0 Å². The number of benzene rings is 4. The molecule has 0 radical (unpaired) electrons. The van der Waals surface area contributed by atoms with E-state index in [4.69, 9.17) is 4.74 Å². The zero-order chi connectivity index (χ0) is 26.7. The molecule has 2 N–H and O–H groups in total. The predicted octanol–water partition coefficient (Wildman–Crippen LogP) is 7.59. The number of nitrogens with one attached hydrogen (secondary N) is 1. The van der Waals surface area contributed by atoms with E-state index in [2.05, 4.69) is 17.1 Å². The molecular formula is C31H30Cl2N2O4S. The van der Waals surface area contributed by atoms with Crippen molar-refractivity contribution in [1.29, 1.82) is 0 Å². The molecule has 1 aliphatic rings. The molecular weight excluding hydrogens is 567 g/mol. The number of allylic oxidation sites excluding steroid dienone is 4. The monoisotopic (exact) mass is 596 g/mol. The highest BCUT2D eigenvalue weighted by Crippen LogP contribution is 2.41. The molecule has 208 valence electrons. The summed E-state index contributed by atoms with van der Waals surface area (Å²) in [6.45, 7) is 2.87. The lowest BCUT2D eigenvalue weighted by Crippen LogP contribution is -2.28. The highest BCUT2D eigenvalue weighted by Gasteiger charge is 2.15. The highest BCUT2D eigenvalue weighted by atomic mass is 35.5. The molecule has 5 rings (SSSR count). The van der Waals surface area contributed by atoms with E-state index in [-0.39, 0.29) is 35.5 Å². The predicted molar refractivity (Wildman–Crippen MR) is 168 cm³/mol. The third-order valence-electron chi connectivity index (χ3n) is 6.33. The number of phenolic OH excluding ortho intramolecular Hbond substituents is 1. The van der Waals surface area contributed by atoms with Gasteiger partial charge in [-0.15, -0.1) is 24.8 Å². The van der Waals surface area contributed by atoms with Crippen molar-refractivity contribution in [2.75, 3.05) is 17.7 Å². The summed E-state index contributed by atoms with van der Waals surface area (Å²) in [6.07, 6.45) is 11.0. The van der Waals surface area contributed by atoms with Gasteiger partial charge in [0.2, 0.25) is 0 Å². The molecule has 0 bridgehead atoms. The second-order valence-corrected chi connectivity index (χ2v) is 10.9. The Morgan fingerprint density at radius 3 is 2.27 bits per heavy atom. The molecule has 0 unspecified atom stereocenters. The summed E-state index contributed by atoms with van der Waals surface area (Å²) in [5, 5.41) is 15.0. The first-order valence-corrected chi connectivity index (χ1v) is 14.1. The second kappa shape index (κ2) is 13.0. The molecule has 0 atom stereocenters. The normalized spacial score (nSPS) is 12.4. The van der Waals surface area contributed by atoms with Crippen molar-refractivity contribution >= 4 is 51.1 Å². The number of ether oxygens (including phenoxy) is 1. The molecule has 1 heterocycles. The van der Waals surface area contributed by atoms with Crippen LogP contribution in [0.3, 0.4) is 0 Å². The number of hydrogen-bond acceptors (Lipinski definition) is 6. The lowest BCUT2D eigenvalue weighted by Gasteiger charge is -2.26. The van der Waals surface area contributed by atoms with Crippen LogP contribution in [0.2, 0.25) is 0 Å². The summed E-state index contributed by atoms with van der Waals surface area (Å²) >= 11 is 0. The van der Waals surface area contributed by atoms with Gasteiger partial charge < -0.3 is 20.1 Å². The van der Waals surface area contributed by atoms with Crippen molar-refractivity contribution in [3.63, 3.8) is 0 Å². The molecule has 0 amide bonds. The van der Waals surface area contributed by atoms with Crippen LogP contribution in [0.25, 0.3) is 21.9 Å². The van der Waals surface area contributed by atoms with Crippen molar-refractivity contribution < 1.29 is 18.3 Å². The zero-order valence-electron chi connectivity index (χ0n) is 21.9. The number of sulfone groups is 1. The van der Waals surface area contributed by atoms with Gasteiger partial charge in [0.05, 0.1) is 4.90 Å². The summed E-state index contributed by atoms with van der Waals surface area (Å²) in [6, 6.07) is 23.6. The van der Waals surface area contributed by atoms with Gasteiger partial charge in [-0.1, -0.05) is 30.4 Å². The first-order valence-electron chi connectivity index (χ1n) is 12.3. The fourth-order valence-corrected chi connectivity index (χ4v) is 5.06. The smallest absolute Gasteiger partial charge is 0.175 e. The van der Waals surface area contributed by atoms with Crippen LogP contribution in [0.1, 0.15) is 6.92 Å².